The van der Waals surface area contributed by atoms with E-state index in [2.05, 4.69) is 15.4 Å². The van der Waals surface area contributed by atoms with Gasteiger partial charge in [-0.3, -0.25) is 9.69 Å². The molecule has 4 rings (SSSR count). The zero-order chi connectivity index (χ0) is 17.4. The lowest BCUT2D eigenvalue weighted by Crippen LogP contribution is -2.51. The van der Waals surface area contributed by atoms with Gasteiger partial charge in [-0.2, -0.15) is 0 Å². The van der Waals surface area contributed by atoms with Gasteiger partial charge in [0.15, 0.2) is 0 Å². The van der Waals surface area contributed by atoms with Gasteiger partial charge >= 0.3 is 0 Å². The van der Waals surface area contributed by atoms with Crippen molar-refractivity contribution in [3.63, 3.8) is 0 Å². The summed E-state index contributed by atoms with van der Waals surface area (Å²) in [5.41, 5.74) is 2.18. The number of hydrogen-bond donors (Lipinski definition) is 1. The molecule has 0 aromatic carbocycles. The third kappa shape index (κ3) is 3.34. The Bertz CT molecular complexity index is 608. The van der Waals surface area contributed by atoms with E-state index in [1.165, 1.54) is 19.4 Å². The number of aryl methyl sites for hydroxylation is 2. The Morgan fingerprint density at radius 2 is 2.12 bits per heavy atom. The second-order valence-corrected chi connectivity index (χ2v) is 8.27. The lowest BCUT2D eigenvalue weighted by atomic mass is 9.77. The fraction of sp³-hybridized carbons (Fsp3) is 0.789. The summed E-state index contributed by atoms with van der Waals surface area (Å²) in [5.74, 6) is 1.14. The summed E-state index contributed by atoms with van der Waals surface area (Å²) in [5, 5.41) is 7.55. The molecule has 138 valence electrons. The molecule has 1 spiro atoms. The Balaban J connectivity index is 1.37. The number of aromatic nitrogens is 1. The van der Waals surface area contributed by atoms with Crippen molar-refractivity contribution in [2.75, 3.05) is 32.7 Å². The molecule has 1 amide bonds. The van der Waals surface area contributed by atoms with Gasteiger partial charge in [0.05, 0.1) is 12.2 Å². The van der Waals surface area contributed by atoms with E-state index in [1.807, 2.05) is 18.7 Å². The van der Waals surface area contributed by atoms with Crippen LogP contribution >= 0.6 is 0 Å². The third-order valence-electron chi connectivity index (χ3n) is 6.58. The molecule has 1 N–H and O–H groups in total. The minimum atomic E-state index is 0.189. The molecule has 1 atom stereocenters. The van der Waals surface area contributed by atoms with Crippen LogP contribution in [0.2, 0.25) is 0 Å². The minimum absolute atomic E-state index is 0.189. The van der Waals surface area contributed by atoms with Gasteiger partial charge in [0, 0.05) is 31.1 Å². The first kappa shape index (κ1) is 17.0. The molecule has 6 heteroatoms. The summed E-state index contributed by atoms with van der Waals surface area (Å²) < 4.78 is 5.26. The zero-order valence-corrected chi connectivity index (χ0v) is 15.5. The molecular formula is C19H30N4O2. The normalized spacial score (nSPS) is 27.4. The van der Waals surface area contributed by atoms with E-state index in [9.17, 15) is 4.79 Å². The number of likely N-dealkylation sites (tertiary alicyclic amines) is 2. The van der Waals surface area contributed by atoms with Gasteiger partial charge in [-0.25, -0.2) is 0 Å². The molecular weight excluding hydrogens is 316 g/mol. The molecule has 0 saturated carbocycles. The number of rotatable bonds is 3. The molecule has 0 aliphatic carbocycles. The average Bonchev–Trinajstić information content (AvgIpc) is 3.10. The van der Waals surface area contributed by atoms with Crippen LogP contribution < -0.4 is 5.32 Å². The Hall–Kier alpha value is -1.40. The number of nitrogens with one attached hydrogen (secondary N) is 1. The summed E-state index contributed by atoms with van der Waals surface area (Å²) >= 11 is 0. The van der Waals surface area contributed by atoms with Crippen LogP contribution in [-0.4, -0.2) is 59.6 Å². The van der Waals surface area contributed by atoms with Crippen molar-refractivity contribution >= 4 is 5.91 Å². The maximum absolute atomic E-state index is 12.6. The fourth-order valence-corrected chi connectivity index (χ4v) is 4.89. The quantitative estimate of drug-likeness (QED) is 0.905. The molecule has 1 aromatic heterocycles. The summed E-state index contributed by atoms with van der Waals surface area (Å²) in [7, 11) is 0. The van der Waals surface area contributed by atoms with Crippen molar-refractivity contribution in [3.05, 3.63) is 17.0 Å². The maximum atomic E-state index is 12.6. The molecule has 3 saturated heterocycles. The smallest absolute Gasteiger partial charge is 0.223 e. The monoisotopic (exact) mass is 346 g/mol. The van der Waals surface area contributed by atoms with Gasteiger partial charge in [0.25, 0.3) is 0 Å². The van der Waals surface area contributed by atoms with Crippen molar-refractivity contribution in [1.29, 1.82) is 0 Å². The van der Waals surface area contributed by atoms with Gasteiger partial charge in [-0.15, -0.1) is 0 Å². The summed E-state index contributed by atoms with van der Waals surface area (Å²) in [6.07, 6.45) is 5.61. The summed E-state index contributed by atoms with van der Waals surface area (Å²) in [6, 6.07) is 0.696. The van der Waals surface area contributed by atoms with E-state index in [-0.39, 0.29) is 5.41 Å². The topological polar surface area (TPSA) is 61.6 Å². The number of carbonyl (C=O) groups is 1. The molecule has 4 heterocycles. The van der Waals surface area contributed by atoms with Crippen LogP contribution in [0.15, 0.2) is 4.52 Å². The highest BCUT2D eigenvalue weighted by molar-refractivity contribution is 5.79. The molecule has 0 bridgehead atoms. The third-order valence-corrected chi connectivity index (χ3v) is 6.58. The van der Waals surface area contributed by atoms with Crippen molar-refractivity contribution in [2.24, 2.45) is 5.41 Å². The van der Waals surface area contributed by atoms with E-state index in [1.54, 1.807) is 0 Å². The van der Waals surface area contributed by atoms with Crippen LogP contribution in [0, 0.1) is 19.3 Å². The number of piperidine rings is 2. The lowest BCUT2D eigenvalue weighted by Gasteiger charge is -2.43. The van der Waals surface area contributed by atoms with Crippen LogP contribution in [-0.2, 0) is 11.3 Å². The van der Waals surface area contributed by atoms with Gasteiger partial charge in [0.2, 0.25) is 5.91 Å². The SMILES string of the molecule is Cc1noc(C)c1CN1CC2(CCN(C3CCCNC3)CC2)CC1=O. The number of nitrogens with zero attached hydrogens (tertiary/aromatic N) is 3. The molecule has 1 unspecified atom stereocenters. The Morgan fingerprint density at radius 1 is 1.32 bits per heavy atom. The van der Waals surface area contributed by atoms with Gasteiger partial charge in [-0.05, 0) is 64.6 Å². The minimum Gasteiger partial charge on any atom is -0.361 e. The second-order valence-electron chi connectivity index (χ2n) is 8.27. The predicted molar refractivity (Wildman–Crippen MR) is 95.1 cm³/mol. The van der Waals surface area contributed by atoms with Gasteiger partial charge in [-0.1, -0.05) is 5.16 Å². The van der Waals surface area contributed by atoms with Crippen molar-refractivity contribution in [2.45, 2.75) is 58.5 Å². The summed E-state index contributed by atoms with van der Waals surface area (Å²) in [4.78, 5) is 17.3. The number of amides is 1. The Morgan fingerprint density at radius 3 is 2.76 bits per heavy atom. The first-order valence-electron chi connectivity index (χ1n) is 9.71. The van der Waals surface area contributed by atoms with Crippen LogP contribution in [0.1, 0.15) is 49.1 Å². The van der Waals surface area contributed by atoms with Gasteiger partial charge in [0.1, 0.15) is 5.76 Å². The predicted octanol–water partition coefficient (Wildman–Crippen LogP) is 1.86. The number of hydrogen-bond acceptors (Lipinski definition) is 5. The molecule has 25 heavy (non-hydrogen) atoms. The van der Waals surface area contributed by atoms with Crippen LogP contribution in [0.25, 0.3) is 0 Å². The van der Waals surface area contributed by atoms with Crippen molar-refractivity contribution < 1.29 is 9.32 Å². The molecule has 1 aromatic rings. The van der Waals surface area contributed by atoms with Crippen LogP contribution in [0.5, 0.6) is 0 Å². The Kier molecular flexibility index (Phi) is 4.58. The van der Waals surface area contributed by atoms with E-state index in [4.69, 9.17) is 4.52 Å². The van der Waals surface area contributed by atoms with Crippen molar-refractivity contribution in [1.82, 2.24) is 20.3 Å². The van der Waals surface area contributed by atoms with E-state index in [0.29, 0.717) is 24.9 Å². The van der Waals surface area contributed by atoms with E-state index in [0.717, 1.165) is 56.0 Å². The first-order chi connectivity index (χ1) is 12.1. The maximum Gasteiger partial charge on any atom is 0.223 e. The van der Waals surface area contributed by atoms with E-state index < -0.39 is 0 Å². The zero-order valence-electron chi connectivity index (χ0n) is 15.5. The molecule has 6 nitrogen and oxygen atoms in total. The molecule has 0 radical (unpaired) electrons. The Labute approximate surface area is 149 Å². The van der Waals surface area contributed by atoms with Crippen LogP contribution in [0.3, 0.4) is 0 Å². The average molecular weight is 346 g/mol. The first-order valence-corrected chi connectivity index (χ1v) is 9.71. The fourth-order valence-electron chi connectivity index (χ4n) is 4.89. The van der Waals surface area contributed by atoms with E-state index >= 15 is 0 Å². The molecule has 3 aliphatic rings. The lowest BCUT2D eigenvalue weighted by molar-refractivity contribution is -0.128. The highest BCUT2D eigenvalue weighted by Gasteiger charge is 2.45. The molecule has 3 fully saturated rings. The standard InChI is InChI=1S/C19H30N4O2/c1-14-17(15(2)25-21-14)12-23-13-19(10-18(23)24)5-8-22(9-6-19)16-4-3-7-20-11-16/h16,20H,3-13H2,1-2H3. The van der Waals surface area contributed by atoms with Crippen molar-refractivity contribution in [3.8, 4) is 0 Å². The highest BCUT2D eigenvalue weighted by Crippen LogP contribution is 2.42. The second kappa shape index (κ2) is 6.72. The largest absolute Gasteiger partial charge is 0.361 e. The van der Waals surface area contributed by atoms with Gasteiger partial charge < -0.3 is 14.7 Å². The summed E-state index contributed by atoms with van der Waals surface area (Å²) in [6.45, 7) is 10.0. The number of carbonyl (C=O) groups excluding carboxylic acids is 1. The van der Waals surface area contributed by atoms with Crippen LogP contribution in [0.4, 0.5) is 0 Å². The molecule has 3 aliphatic heterocycles. The highest BCUT2D eigenvalue weighted by atomic mass is 16.5.